The van der Waals surface area contributed by atoms with Crippen LogP contribution in [0.15, 0.2) is 16.5 Å². The van der Waals surface area contributed by atoms with Gasteiger partial charge in [-0.25, -0.2) is 4.79 Å². The quantitative estimate of drug-likeness (QED) is 0.929. The average molecular weight is 275 g/mol. The van der Waals surface area contributed by atoms with Crippen molar-refractivity contribution in [2.45, 2.75) is 6.61 Å². The summed E-state index contributed by atoms with van der Waals surface area (Å²) in [4.78, 5) is 11.0. The number of carboxylic acids is 1. The number of ether oxygens (including phenoxy) is 1. The van der Waals surface area contributed by atoms with Crippen LogP contribution in [0.4, 0.5) is 0 Å². The normalized spacial score (nSPS) is 11.0. The molecule has 4 nitrogen and oxygen atoms in total. The molecule has 1 aromatic carbocycles. The second kappa shape index (κ2) is 4.56. The first kappa shape index (κ1) is 12.2. The number of furan rings is 1. The van der Waals surface area contributed by atoms with Crippen molar-refractivity contribution in [1.82, 2.24) is 0 Å². The molecule has 1 N–H and O–H groups in total. The molecule has 0 aliphatic carbocycles. The van der Waals surface area contributed by atoms with Crippen LogP contribution in [0.25, 0.3) is 11.0 Å². The van der Waals surface area contributed by atoms with E-state index in [4.69, 9.17) is 37.5 Å². The zero-order valence-corrected chi connectivity index (χ0v) is 10.3. The lowest BCUT2D eigenvalue weighted by molar-refractivity contribution is 0.0658. The zero-order valence-electron chi connectivity index (χ0n) is 8.79. The van der Waals surface area contributed by atoms with Gasteiger partial charge in [-0.05, 0) is 6.07 Å². The van der Waals surface area contributed by atoms with Crippen LogP contribution < -0.4 is 0 Å². The largest absolute Gasteiger partial charge is 0.475 e. The van der Waals surface area contributed by atoms with E-state index in [1.807, 2.05) is 0 Å². The van der Waals surface area contributed by atoms with Crippen LogP contribution in [0.2, 0.25) is 10.0 Å². The average Bonchev–Trinajstić information content (AvgIpc) is 2.57. The van der Waals surface area contributed by atoms with Crippen LogP contribution >= 0.6 is 23.2 Å². The van der Waals surface area contributed by atoms with Crippen molar-refractivity contribution in [2.24, 2.45) is 0 Å². The van der Waals surface area contributed by atoms with Crippen molar-refractivity contribution in [3.05, 3.63) is 33.5 Å². The van der Waals surface area contributed by atoms with Gasteiger partial charge in [-0.3, -0.25) is 0 Å². The topological polar surface area (TPSA) is 59.7 Å². The minimum absolute atomic E-state index is 0.107. The summed E-state index contributed by atoms with van der Waals surface area (Å²) in [6, 6.07) is 3.06. The van der Waals surface area contributed by atoms with E-state index < -0.39 is 5.97 Å². The molecule has 6 heteroatoms. The second-order valence-corrected chi connectivity index (χ2v) is 4.25. The Hall–Kier alpha value is -1.23. The molecule has 90 valence electrons. The number of fused-ring (bicyclic) bond motifs is 1. The number of halogens is 2. The first-order chi connectivity index (χ1) is 8.04. The lowest BCUT2D eigenvalue weighted by Gasteiger charge is -1.99. The van der Waals surface area contributed by atoms with E-state index in [1.165, 1.54) is 19.2 Å². The SMILES string of the molecule is COCc1c(C(=O)O)oc2cc(Cl)cc(Cl)c12. The van der Waals surface area contributed by atoms with Gasteiger partial charge in [-0.15, -0.1) is 0 Å². The maximum Gasteiger partial charge on any atom is 0.372 e. The molecule has 0 fully saturated rings. The van der Waals surface area contributed by atoms with Crippen LogP contribution in [-0.4, -0.2) is 18.2 Å². The van der Waals surface area contributed by atoms with Crippen LogP contribution in [0, 0.1) is 0 Å². The van der Waals surface area contributed by atoms with Gasteiger partial charge in [0.2, 0.25) is 5.76 Å². The molecule has 0 amide bonds. The van der Waals surface area contributed by atoms with Gasteiger partial charge in [0.1, 0.15) is 5.58 Å². The molecule has 0 atom stereocenters. The molecule has 17 heavy (non-hydrogen) atoms. The first-order valence-corrected chi connectivity index (χ1v) is 5.43. The Bertz CT molecular complexity index is 589. The summed E-state index contributed by atoms with van der Waals surface area (Å²) in [5.41, 5.74) is 0.753. The smallest absolute Gasteiger partial charge is 0.372 e. The summed E-state index contributed by atoms with van der Waals surface area (Å²) in [5.74, 6) is -1.34. The number of benzene rings is 1. The lowest BCUT2D eigenvalue weighted by atomic mass is 10.1. The Morgan fingerprint density at radius 1 is 1.47 bits per heavy atom. The predicted molar refractivity (Wildman–Crippen MR) is 63.9 cm³/mol. The van der Waals surface area contributed by atoms with Crippen molar-refractivity contribution >= 4 is 40.1 Å². The fourth-order valence-electron chi connectivity index (χ4n) is 1.66. The number of aromatic carboxylic acids is 1. The number of hydrogen-bond acceptors (Lipinski definition) is 3. The molecule has 0 unspecified atom stereocenters. The third kappa shape index (κ3) is 2.11. The van der Waals surface area contributed by atoms with Crippen LogP contribution in [0.1, 0.15) is 16.1 Å². The summed E-state index contributed by atoms with van der Waals surface area (Å²) in [5, 5.41) is 10.3. The fraction of sp³-hybridized carbons (Fsp3) is 0.182. The molecule has 2 rings (SSSR count). The Morgan fingerprint density at radius 3 is 2.76 bits per heavy atom. The molecule has 2 aromatic rings. The maximum atomic E-state index is 11.0. The van der Waals surface area contributed by atoms with Crippen molar-refractivity contribution in [2.75, 3.05) is 7.11 Å². The third-order valence-electron chi connectivity index (χ3n) is 2.29. The third-order valence-corrected chi connectivity index (χ3v) is 2.81. The molecule has 0 aliphatic heterocycles. The standard InChI is InChI=1S/C11H8Cl2O4/c1-16-4-6-9-7(13)2-5(12)3-8(9)17-10(6)11(14)15/h2-3H,4H2,1H3,(H,14,15). The van der Waals surface area contributed by atoms with E-state index in [0.29, 0.717) is 26.6 Å². The lowest BCUT2D eigenvalue weighted by Crippen LogP contribution is -1.99. The zero-order chi connectivity index (χ0) is 12.6. The summed E-state index contributed by atoms with van der Waals surface area (Å²) in [6.07, 6.45) is 0. The molecule has 0 bridgehead atoms. The van der Waals surface area contributed by atoms with Gasteiger partial charge in [0, 0.05) is 29.1 Å². The number of rotatable bonds is 3. The van der Waals surface area contributed by atoms with E-state index in [0.717, 1.165) is 0 Å². The van der Waals surface area contributed by atoms with Gasteiger partial charge in [0.05, 0.1) is 11.6 Å². The minimum Gasteiger partial charge on any atom is -0.475 e. The van der Waals surface area contributed by atoms with Gasteiger partial charge < -0.3 is 14.3 Å². The van der Waals surface area contributed by atoms with Crippen LogP contribution in [0.3, 0.4) is 0 Å². The Labute approximate surface area is 107 Å². The van der Waals surface area contributed by atoms with Crippen molar-refractivity contribution in [1.29, 1.82) is 0 Å². The molecule has 1 heterocycles. The van der Waals surface area contributed by atoms with Crippen LogP contribution in [-0.2, 0) is 11.3 Å². The highest BCUT2D eigenvalue weighted by Crippen LogP contribution is 2.35. The highest BCUT2D eigenvalue weighted by molar-refractivity contribution is 6.38. The fourth-order valence-corrected chi connectivity index (χ4v) is 2.25. The van der Waals surface area contributed by atoms with E-state index >= 15 is 0 Å². The number of carboxylic acid groups (broad SMARTS) is 1. The van der Waals surface area contributed by atoms with Crippen molar-refractivity contribution in [3.8, 4) is 0 Å². The number of hydrogen-bond donors (Lipinski definition) is 1. The van der Waals surface area contributed by atoms with Gasteiger partial charge in [-0.2, -0.15) is 0 Å². The summed E-state index contributed by atoms with van der Waals surface area (Å²) < 4.78 is 10.2. The van der Waals surface area contributed by atoms with Crippen LogP contribution in [0.5, 0.6) is 0 Å². The van der Waals surface area contributed by atoms with Crippen molar-refractivity contribution < 1.29 is 19.1 Å². The number of carbonyl (C=O) groups is 1. The number of methoxy groups -OCH3 is 1. The molecule has 0 saturated heterocycles. The highest BCUT2D eigenvalue weighted by atomic mass is 35.5. The monoisotopic (exact) mass is 274 g/mol. The Morgan fingerprint density at radius 2 is 2.18 bits per heavy atom. The van der Waals surface area contributed by atoms with E-state index in [-0.39, 0.29) is 12.4 Å². The molecule has 0 radical (unpaired) electrons. The van der Waals surface area contributed by atoms with Gasteiger partial charge in [-0.1, -0.05) is 23.2 Å². The van der Waals surface area contributed by atoms with Gasteiger partial charge in [0.25, 0.3) is 0 Å². The maximum absolute atomic E-state index is 11.0. The molecular formula is C11H8Cl2O4. The van der Waals surface area contributed by atoms with Gasteiger partial charge in [0.15, 0.2) is 0 Å². The van der Waals surface area contributed by atoms with E-state index in [1.54, 1.807) is 0 Å². The predicted octanol–water partition coefficient (Wildman–Crippen LogP) is 3.58. The minimum atomic E-state index is -1.17. The Kier molecular flexibility index (Phi) is 3.28. The summed E-state index contributed by atoms with van der Waals surface area (Å²) >= 11 is 11.8. The Balaban J connectivity index is 2.80. The molecule has 0 saturated carbocycles. The van der Waals surface area contributed by atoms with Crippen molar-refractivity contribution in [3.63, 3.8) is 0 Å². The summed E-state index contributed by atoms with van der Waals surface area (Å²) in [6.45, 7) is 0.107. The first-order valence-electron chi connectivity index (χ1n) is 4.67. The summed E-state index contributed by atoms with van der Waals surface area (Å²) in [7, 11) is 1.47. The van der Waals surface area contributed by atoms with E-state index in [9.17, 15) is 4.79 Å². The second-order valence-electron chi connectivity index (χ2n) is 3.41. The highest BCUT2D eigenvalue weighted by Gasteiger charge is 2.22. The molecular weight excluding hydrogens is 267 g/mol. The molecule has 0 spiro atoms. The van der Waals surface area contributed by atoms with E-state index in [2.05, 4.69) is 0 Å². The van der Waals surface area contributed by atoms with Gasteiger partial charge >= 0.3 is 5.97 Å². The molecule has 1 aromatic heterocycles. The molecule has 0 aliphatic rings.